The second-order valence-electron chi connectivity index (χ2n) is 5.53. The summed E-state index contributed by atoms with van der Waals surface area (Å²) in [5, 5.41) is 8.02. The Bertz CT molecular complexity index is 397. The predicted molar refractivity (Wildman–Crippen MR) is 86.4 cm³/mol. The van der Waals surface area contributed by atoms with E-state index in [0.29, 0.717) is 0 Å². The first-order valence-electron chi connectivity index (χ1n) is 7.64. The molecule has 5 nitrogen and oxygen atoms in total. The standard InChI is InChI=1S/C15H31N5/c1-7-16-12-14-13(3)17-19(6)15(14)20(8-2)11-9-10-18(4)5/h16H,7-12H2,1-6H3. The molecule has 0 aromatic carbocycles. The maximum Gasteiger partial charge on any atom is 0.131 e. The molecule has 0 aliphatic carbocycles. The second-order valence-corrected chi connectivity index (χ2v) is 5.53. The fourth-order valence-corrected chi connectivity index (χ4v) is 2.53. The van der Waals surface area contributed by atoms with Gasteiger partial charge in [-0.1, -0.05) is 6.92 Å². The SMILES string of the molecule is CCNCc1c(C)nn(C)c1N(CC)CCCN(C)C. The zero-order valence-corrected chi connectivity index (χ0v) is 14.0. The molecule has 5 heteroatoms. The number of aromatic nitrogens is 2. The van der Waals surface area contributed by atoms with Gasteiger partial charge in [-0.05, 0) is 47.5 Å². The molecule has 0 radical (unpaired) electrons. The smallest absolute Gasteiger partial charge is 0.131 e. The third-order valence-corrected chi connectivity index (χ3v) is 3.58. The normalized spacial score (nSPS) is 11.3. The van der Waals surface area contributed by atoms with E-state index in [0.717, 1.165) is 38.4 Å². The Morgan fingerprint density at radius 3 is 2.45 bits per heavy atom. The molecular weight excluding hydrogens is 250 g/mol. The second kappa shape index (κ2) is 8.27. The van der Waals surface area contributed by atoms with E-state index >= 15 is 0 Å². The molecular formula is C15H31N5. The van der Waals surface area contributed by atoms with Gasteiger partial charge in [0.2, 0.25) is 0 Å². The van der Waals surface area contributed by atoms with Crippen molar-refractivity contribution in [1.82, 2.24) is 20.0 Å². The van der Waals surface area contributed by atoms with Gasteiger partial charge >= 0.3 is 0 Å². The molecule has 0 aliphatic rings. The molecule has 1 N–H and O–H groups in total. The minimum atomic E-state index is 0.898. The van der Waals surface area contributed by atoms with Gasteiger partial charge in [0.05, 0.1) is 5.69 Å². The van der Waals surface area contributed by atoms with Crippen LogP contribution >= 0.6 is 0 Å². The van der Waals surface area contributed by atoms with Crippen molar-refractivity contribution in [2.45, 2.75) is 33.7 Å². The Morgan fingerprint density at radius 2 is 1.90 bits per heavy atom. The Labute approximate surface area is 123 Å². The van der Waals surface area contributed by atoms with Crippen molar-refractivity contribution in [2.75, 3.05) is 45.2 Å². The number of anilines is 1. The molecule has 116 valence electrons. The summed E-state index contributed by atoms with van der Waals surface area (Å²) in [6.07, 6.45) is 1.17. The van der Waals surface area contributed by atoms with E-state index in [4.69, 9.17) is 0 Å². The van der Waals surface area contributed by atoms with Gasteiger partial charge in [-0.3, -0.25) is 4.68 Å². The van der Waals surface area contributed by atoms with Crippen molar-refractivity contribution in [2.24, 2.45) is 7.05 Å². The van der Waals surface area contributed by atoms with Crippen LogP contribution in [0.2, 0.25) is 0 Å². The van der Waals surface area contributed by atoms with Gasteiger partial charge in [0.1, 0.15) is 5.82 Å². The molecule has 0 spiro atoms. The highest BCUT2D eigenvalue weighted by molar-refractivity contribution is 5.50. The van der Waals surface area contributed by atoms with Crippen LogP contribution in [0, 0.1) is 6.92 Å². The van der Waals surface area contributed by atoms with Crippen molar-refractivity contribution in [3.05, 3.63) is 11.3 Å². The minimum absolute atomic E-state index is 0.898. The first-order chi connectivity index (χ1) is 9.51. The maximum absolute atomic E-state index is 4.60. The summed E-state index contributed by atoms with van der Waals surface area (Å²) >= 11 is 0. The molecule has 0 saturated heterocycles. The molecule has 0 unspecified atom stereocenters. The summed E-state index contributed by atoms with van der Waals surface area (Å²) in [6.45, 7) is 11.6. The highest BCUT2D eigenvalue weighted by Crippen LogP contribution is 2.23. The van der Waals surface area contributed by atoms with E-state index in [2.05, 4.69) is 55.1 Å². The molecule has 0 fully saturated rings. The van der Waals surface area contributed by atoms with Gasteiger partial charge in [-0.25, -0.2) is 0 Å². The van der Waals surface area contributed by atoms with Gasteiger partial charge in [0, 0.05) is 32.2 Å². The van der Waals surface area contributed by atoms with E-state index < -0.39 is 0 Å². The number of rotatable bonds is 9. The molecule has 0 atom stereocenters. The van der Waals surface area contributed by atoms with Crippen LogP contribution in [0.15, 0.2) is 0 Å². The fraction of sp³-hybridized carbons (Fsp3) is 0.800. The van der Waals surface area contributed by atoms with Crippen LogP contribution in [0.5, 0.6) is 0 Å². The summed E-state index contributed by atoms with van der Waals surface area (Å²) in [5.41, 5.74) is 2.47. The highest BCUT2D eigenvalue weighted by atomic mass is 15.4. The van der Waals surface area contributed by atoms with Crippen LogP contribution < -0.4 is 10.2 Å². The van der Waals surface area contributed by atoms with Crippen molar-refractivity contribution < 1.29 is 0 Å². The quantitative estimate of drug-likeness (QED) is 0.746. The summed E-state index contributed by atoms with van der Waals surface area (Å²) in [6, 6.07) is 0. The molecule has 1 aromatic rings. The number of hydrogen-bond donors (Lipinski definition) is 1. The van der Waals surface area contributed by atoms with E-state index in [1.54, 1.807) is 0 Å². The largest absolute Gasteiger partial charge is 0.357 e. The van der Waals surface area contributed by atoms with Crippen LogP contribution in [0.4, 0.5) is 5.82 Å². The molecule has 0 bridgehead atoms. The Hall–Kier alpha value is -1.07. The first kappa shape index (κ1) is 17.0. The van der Waals surface area contributed by atoms with Gasteiger partial charge < -0.3 is 15.1 Å². The van der Waals surface area contributed by atoms with Gasteiger partial charge in [0.15, 0.2) is 0 Å². The minimum Gasteiger partial charge on any atom is -0.357 e. The number of hydrogen-bond acceptors (Lipinski definition) is 4. The van der Waals surface area contributed by atoms with Crippen molar-refractivity contribution in [1.29, 1.82) is 0 Å². The highest BCUT2D eigenvalue weighted by Gasteiger charge is 2.17. The molecule has 0 amide bonds. The molecule has 1 rings (SSSR count). The molecule has 1 aromatic heterocycles. The topological polar surface area (TPSA) is 36.3 Å². The zero-order valence-electron chi connectivity index (χ0n) is 14.0. The van der Waals surface area contributed by atoms with Crippen LogP contribution in [-0.4, -0.2) is 55.0 Å². The van der Waals surface area contributed by atoms with Crippen molar-refractivity contribution >= 4 is 5.82 Å². The average molecular weight is 281 g/mol. The van der Waals surface area contributed by atoms with Gasteiger partial charge in [-0.2, -0.15) is 5.10 Å². The maximum atomic E-state index is 4.60. The third-order valence-electron chi connectivity index (χ3n) is 3.58. The molecule has 0 aliphatic heterocycles. The van der Waals surface area contributed by atoms with E-state index in [9.17, 15) is 0 Å². The lowest BCUT2D eigenvalue weighted by atomic mass is 10.2. The predicted octanol–water partition coefficient (Wildman–Crippen LogP) is 1.62. The average Bonchev–Trinajstić information content (AvgIpc) is 2.66. The van der Waals surface area contributed by atoms with Crippen LogP contribution in [-0.2, 0) is 13.6 Å². The van der Waals surface area contributed by atoms with Gasteiger partial charge in [0.25, 0.3) is 0 Å². The lowest BCUT2D eigenvalue weighted by Gasteiger charge is -2.25. The van der Waals surface area contributed by atoms with E-state index in [1.807, 2.05) is 11.7 Å². The van der Waals surface area contributed by atoms with Crippen LogP contribution in [0.3, 0.4) is 0 Å². The lowest BCUT2D eigenvalue weighted by Crippen LogP contribution is -2.30. The van der Waals surface area contributed by atoms with Crippen LogP contribution in [0.1, 0.15) is 31.5 Å². The lowest BCUT2D eigenvalue weighted by molar-refractivity contribution is 0.400. The number of nitrogens with one attached hydrogen (secondary N) is 1. The Balaban J connectivity index is 2.84. The molecule has 20 heavy (non-hydrogen) atoms. The number of aryl methyl sites for hydroxylation is 2. The molecule has 0 saturated carbocycles. The summed E-state index contributed by atoms with van der Waals surface area (Å²) < 4.78 is 2.03. The fourth-order valence-electron chi connectivity index (χ4n) is 2.53. The monoisotopic (exact) mass is 281 g/mol. The zero-order chi connectivity index (χ0) is 15.1. The van der Waals surface area contributed by atoms with E-state index in [-0.39, 0.29) is 0 Å². The first-order valence-corrected chi connectivity index (χ1v) is 7.64. The summed E-state index contributed by atoms with van der Waals surface area (Å²) in [4.78, 5) is 4.68. The van der Waals surface area contributed by atoms with Crippen LogP contribution in [0.25, 0.3) is 0 Å². The molecule has 1 heterocycles. The van der Waals surface area contributed by atoms with Gasteiger partial charge in [-0.15, -0.1) is 0 Å². The van der Waals surface area contributed by atoms with Crippen molar-refractivity contribution in [3.8, 4) is 0 Å². The summed E-state index contributed by atoms with van der Waals surface area (Å²) in [5.74, 6) is 1.27. The van der Waals surface area contributed by atoms with E-state index in [1.165, 1.54) is 17.8 Å². The third kappa shape index (κ3) is 4.49. The van der Waals surface area contributed by atoms with Crippen molar-refractivity contribution in [3.63, 3.8) is 0 Å². The Kier molecular flexibility index (Phi) is 7.02. The number of nitrogens with zero attached hydrogens (tertiary/aromatic N) is 4. The Morgan fingerprint density at radius 1 is 1.20 bits per heavy atom. The summed E-state index contributed by atoms with van der Waals surface area (Å²) in [7, 11) is 6.30.